The zero-order chi connectivity index (χ0) is 25.0. The summed E-state index contributed by atoms with van der Waals surface area (Å²) in [7, 11) is 0. The average molecular weight is 487 g/mol. The van der Waals surface area contributed by atoms with Crippen molar-refractivity contribution in [3.63, 3.8) is 0 Å². The molecule has 0 spiro atoms. The molecule has 4 heteroatoms. The minimum atomic E-state index is -0.365. The minimum absolute atomic E-state index is 0.365. The van der Waals surface area contributed by atoms with Crippen LogP contribution >= 0.6 is 0 Å². The van der Waals surface area contributed by atoms with Gasteiger partial charge in [0.2, 0.25) is 0 Å². The van der Waals surface area contributed by atoms with Gasteiger partial charge in [-0.15, -0.1) is 0 Å². The first kappa shape index (κ1) is 33.8. The second-order valence-electron chi connectivity index (χ2n) is 10.4. The Morgan fingerprint density at radius 1 is 0.412 bits per heavy atom. The Labute approximate surface area is 213 Å². The van der Waals surface area contributed by atoms with Crippen molar-refractivity contribution in [1.82, 2.24) is 0 Å². The van der Waals surface area contributed by atoms with E-state index in [1.54, 1.807) is 0 Å². The number of aliphatic hydroxyl groups is 2. The van der Waals surface area contributed by atoms with Gasteiger partial charge in [0.1, 0.15) is 0 Å². The Balaban J connectivity index is 3.25. The molecule has 0 aromatic carbocycles. The van der Waals surface area contributed by atoms with Crippen LogP contribution in [0.15, 0.2) is 0 Å². The lowest BCUT2D eigenvalue weighted by Crippen LogP contribution is -2.20. The van der Waals surface area contributed by atoms with Gasteiger partial charge in [0.05, 0.1) is 38.6 Å². The number of hydrogen-bond donors (Lipinski definition) is 2. The molecule has 2 unspecified atom stereocenters. The Morgan fingerprint density at radius 2 is 0.676 bits per heavy atom. The molecule has 0 heterocycles. The molecular formula is C30H62O4. The van der Waals surface area contributed by atoms with E-state index in [9.17, 15) is 10.2 Å². The highest BCUT2D eigenvalue weighted by atomic mass is 16.5. The summed E-state index contributed by atoms with van der Waals surface area (Å²) in [5.41, 5.74) is 0. The minimum Gasteiger partial charge on any atom is -0.391 e. The van der Waals surface area contributed by atoms with Crippen LogP contribution in [0.25, 0.3) is 0 Å². The van der Waals surface area contributed by atoms with Crippen LogP contribution in [0.5, 0.6) is 0 Å². The molecule has 4 nitrogen and oxygen atoms in total. The Bertz CT molecular complexity index is 330. The highest BCUT2D eigenvalue weighted by Gasteiger charge is 2.06. The Hall–Kier alpha value is -0.160. The predicted molar refractivity (Wildman–Crippen MR) is 147 cm³/mol. The highest BCUT2D eigenvalue weighted by Crippen LogP contribution is 2.13. The maximum Gasteiger partial charge on any atom is 0.0773 e. The summed E-state index contributed by atoms with van der Waals surface area (Å²) in [4.78, 5) is 0. The van der Waals surface area contributed by atoms with Crippen molar-refractivity contribution in [3.05, 3.63) is 0 Å². The summed E-state index contributed by atoms with van der Waals surface area (Å²) in [5, 5.41) is 20.1. The van der Waals surface area contributed by atoms with Crippen LogP contribution in [0.1, 0.15) is 155 Å². The van der Waals surface area contributed by atoms with Crippen LogP contribution in [-0.2, 0) is 9.47 Å². The first-order valence-electron chi connectivity index (χ1n) is 15.2. The van der Waals surface area contributed by atoms with E-state index in [1.807, 2.05) is 0 Å². The number of ether oxygens (including phenoxy) is 2. The predicted octanol–water partition coefficient (Wildman–Crippen LogP) is 8.36. The molecule has 2 N–H and O–H groups in total. The molecule has 2 atom stereocenters. The van der Waals surface area contributed by atoms with Crippen molar-refractivity contribution < 1.29 is 19.7 Å². The van der Waals surface area contributed by atoms with Crippen LogP contribution in [0, 0.1) is 0 Å². The maximum absolute atomic E-state index is 10.0. The Morgan fingerprint density at radius 3 is 0.971 bits per heavy atom. The molecule has 0 radical (unpaired) electrons. The van der Waals surface area contributed by atoms with Crippen LogP contribution in [0.4, 0.5) is 0 Å². The van der Waals surface area contributed by atoms with Gasteiger partial charge in [-0.25, -0.2) is 0 Å². The molecule has 0 bridgehead atoms. The number of unbranched alkanes of at least 4 members (excludes halogenated alkanes) is 18. The van der Waals surface area contributed by atoms with Crippen LogP contribution < -0.4 is 0 Å². The SMILES string of the molecule is CCCCCCCCCCCCC(O)COCCOCC(O)CCCCCCCCCCCC. The van der Waals surface area contributed by atoms with E-state index in [-0.39, 0.29) is 12.2 Å². The van der Waals surface area contributed by atoms with E-state index in [0.29, 0.717) is 26.4 Å². The molecule has 0 aliphatic carbocycles. The van der Waals surface area contributed by atoms with Gasteiger partial charge < -0.3 is 19.7 Å². The zero-order valence-corrected chi connectivity index (χ0v) is 23.3. The fourth-order valence-electron chi connectivity index (χ4n) is 4.46. The van der Waals surface area contributed by atoms with Crippen molar-refractivity contribution in [2.24, 2.45) is 0 Å². The lowest BCUT2D eigenvalue weighted by molar-refractivity contribution is -0.0202. The van der Waals surface area contributed by atoms with Gasteiger partial charge in [0, 0.05) is 0 Å². The second kappa shape index (κ2) is 29.1. The lowest BCUT2D eigenvalue weighted by Gasteiger charge is -2.13. The standard InChI is InChI=1S/C30H62O4/c1-3-5-7-9-11-13-15-17-19-21-23-29(31)27-33-25-26-34-28-30(32)24-22-20-18-16-14-12-10-8-6-4-2/h29-32H,3-28H2,1-2H3. The van der Waals surface area contributed by atoms with Gasteiger partial charge in [0.25, 0.3) is 0 Å². The third-order valence-corrected chi connectivity index (χ3v) is 6.77. The molecule has 0 saturated heterocycles. The third-order valence-electron chi connectivity index (χ3n) is 6.77. The average Bonchev–Trinajstić information content (AvgIpc) is 2.83. The second-order valence-corrected chi connectivity index (χ2v) is 10.4. The highest BCUT2D eigenvalue weighted by molar-refractivity contribution is 4.57. The van der Waals surface area contributed by atoms with Crippen molar-refractivity contribution >= 4 is 0 Å². The molecule has 206 valence electrons. The normalized spacial score (nSPS) is 13.4. The summed E-state index contributed by atoms with van der Waals surface area (Å²) >= 11 is 0. The first-order chi connectivity index (χ1) is 16.7. The largest absolute Gasteiger partial charge is 0.391 e. The molecule has 0 aromatic heterocycles. The van der Waals surface area contributed by atoms with Gasteiger partial charge in [0.15, 0.2) is 0 Å². The van der Waals surface area contributed by atoms with Gasteiger partial charge in [-0.2, -0.15) is 0 Å². The molecule has 0 aromatic rings. The fraction of sp³-hybridized carbons (Fsp3) is 1.00. The molecular weight excluding hydrogens is 424 g/mol. The van der Waals surface area contributed by atoms with E-state index in [4.69, 9.17) is 9.47 Å². The third kappa shape index (κ3) is 28.1. The summed E-state index contributed by atoms with van der Waals surface area (Å²) in [6.07, 6.45) is 27.3. The van der Waals surface area contributed by atoms with Crippen molar-refractivity contribution in [1.29, 1.82) is 0 Å². The number of aliphatic hydroxyl groups excluding tert-OH is 2. The fourth-order valence-corrected chi connectivity index (χ4v) is 4.46. The van der Waals surface area contributed by atoms with Gasteiger partial charge in [-0.1, -0.05) is 142 Å². The van der Waals surface area contributed by atoms with Crippen molar-refractivity contribution in [2.45, 2.75) is 167 Å². The van der Waals surface area contributed by atoms with E-state index in [0.717, 1.165) is 25.7 Å². The first-order valence-corrected chi connectivity index (χ1v) is 15.2. The summed E-state index contributed by atoms with van der Waals surface area (Å²) in [6, 6.07) is 0. The monoisotopic (exact) mass is 486 g/mol. The van der Waals surface area contributed by atoms with E-state index >= 15 is 0 Å². The molecule has 0 aliphatic rings. The number of rotatable bonds is 29. The molecule has 34 heavy (non-hydrogen) atoms. The smallest absolute Gasteiger partial charge is 0.0773 e. The lowest BCUT2D eigenvalue weighted by atomic mass is 10.0. The van der Waals surface area contributed by atoms with Crippen molar-refractivity contribution in [3.8, 4) is 0 Å². The molecule has 0 amide bonds. The van der Waals surface area contributed by atoms with E-state index in [1.165, 1.54) is 116 Å². The summed E-state index contributed by atoms with van der Waals surface area (Å²) in [5.74, 6) is 0. The van der Waals surface area contributed by atoms with Gasteiger partial charge in [-0.3, -0.25) is 0 Å². The molecule has 0 rings (SSSR count). The molecule has 0 saturated carbocycles. The summed E-state index contributed by atoms with van der Waals surface area (Å²) < 4.78 is 11.1. The van der Waals surface area contributed by atoms with Gasteiger partial charge >= 0.3 is 0 Å². The molecule has 0 aliphatic heterocycles. The van der Waals surface area contributed by atoms with Crippen LogP contribution in [0.2, 0.25) is 0 Å². The maximum atomic E-state index is 10.0. The van der Waals surface area contributed by atoms with E-state index < -0.39 is 0 Å². The molecule has 0 fully saturated rings. The zero-order valence-electron chi connectivity index (χ0n) is 23.3. The van der Waals surface area contributed by atoms with Gasteiger partial charge in [-0.05, 0) is 12.8 Å². The number of hydrogen-bond acceptors (Lipinski definition) is 4. The van der Waals surface area contributed by atoms with Crippen molar-refractivity contribution in [2.75, 3.05) is 26.4 Å². The topological polar surface area (TPSA) is 58.9 Å². The van der Waals surface area contributed by atoms with Crippen LogP contribution in [-0.4, -0.2) is 48.8 Å². The summed E-state index contributed by atoms with van der Waals surface area (Å²) in [6.45, 7) is 6.28. The Kier molecular flexibility index (Phi) is 28.9. The van der Waals surface area contributed by atoms with Crippen LogP contribution in [0.3, 0.4) is 0 Å². The van der Waals surface area contributed by atoms with E-state index in [2.05, 4.69) is 13.8 Å². The quantitative estimate of drug-likeness (QED) is 0.104.